The van der Waals surface area contributed by atoms with E-state index >= 15 is 0 Å². The molecule has 1 aromatic carbocycles. The maximum atomic E-state index is 12.1. The number of pyridine rings is 1. The summed E-state index contributed by atoms with van der Waals surface area (Å²) < 4.78 is 5.33. The van der Waals surface area contributed by atoms with Crippen LogP contribution in [0.3, 0.4) is 0 Å². The third-order valence-corrected chi connectivity index (χ3v) is 2.51. The highest BCUT2D eigenvalue weighted by atomic mass is 16.5. The van der Waals surface area contributed by atoms with Gasteiger partial charge in [-0.05, 0) is 17.5 Å². The van der Waals surface area contributed by atoms with Gasteiger partial charge in [-0.25, -0.2) is 4.79 Å². The number of benzene rings is 1. The van der Waals surface area contributed by atoms with Gasteiger partial charge in [0, 0.05) is 11.6 Å². The van der Waals surface area contributed by atoms with Gasteiger partial charge in [0.05, 0.1) is 17.7 Å². The molecule has 0 amide bonds. The van der Waals surface area contributed by atoms with Crippen molar-refractivity contribution in [3.63, 3.8) is 0 Å². The second kappa shape index (κ2) is 4.77. The van der Waals surface area contributed by atoms with Crippen LogP contribution in [0.25, 0.3) is 10.9 Å². The zero-order chi connectivity index (χ0) is 13.2. The average Bonchev–Trinajstić information content (AvgIpc) is 2.34. The summed E-state index contributed by atoms with van der Waals surface area (Å²) in [6, 6.07) is 9.27. The fourth-order valence-corrected chi connectivity index (χ4v) is 1.63. The smallest absolute Gasteiger partial charge is 0.338 e. The first kappa shape index (κ1) is 12.6. The molecule has 2 rings (SSSR count). The lowest BCUT2D eigenvalue weighted by Crippen LogP contribution is -2.18. The Morgan fingerprint density at radius 1 is 1.22 bits per heavy atom. The van der Waals surface area contributed by atoms with Gasteiger partial charge in [-0.1, -0.05) is 39.0 Å². The van der Waals surface area contributed by atoms with Gasteiger partial charge >= 0.3 is 5.97 Å². The number of nitrogens with zero attached hydrogens (tertiary/aromatic N) is 1. The Morgan fingerprint density at radius 3 is 2.67 bits per heavy atom. The number of hydrogen-bond acceptors (Lipinski definition) is 3. The molecule has 1 aromatic heterocycles. The van der Waals surface area contributed by atoms with Gasteiger partial charge in [0.25, 0.3) is 0 Å². The summed E-state index contributed by atoms with van der Waals surface area (Å²) in [7, 11) is 0. The van der Waals surface area contributed by atoms with E-state index in [4.69, 9.17) is 4.74 Å². The molecule has 18 heavy (non-hydrogen) atoms. The number of carbonyl (C=O) groups is 1. The van der Waals surface area contributed by atoms with Crippen LogP contribution in [0, 0.1) is 5.41 Å². The van der Waals surface area contributed by atoms with Gasteiger partial charge < -0.3 is 4.74 Å². The quantitative estimate of drug-likeness (QED) is 0.758. The fraction of sp³-hybridized carbons (Fsp3) is 0.333. The number of esters is 1. The number of hydrogen-bond donors (Lipinski definition) is 0. The Kier molecular flexibility index (Phi) is 3.32. The fourth-order valence-electron chi connectivity index (χ4n) is 1.63. The Morgan fingerprint density at radius 2 is 1.94 bits per heavy atom. The lowest BCUT2D eigenvalue weighted by molar-refractivity contribution is 0.0369. The molecule has 0 aliphatic carbocycles. The van der Waals surface area contributed by atoms with Crippen molar-refractivity contribution in [2.75, 3.05) is 6.61 Å². The van der Waals surface area contributed by atoms with Crippen molar-refractivity contribution < 1.29 is 9.53 Å². The Labute approximate surface area is 107 Å². The first-order chi connectivity index (χ1) is 8.47. The molecule has 3 nitrogen and oxygen atoms in total. The molecule has 0 N–H and O–H groups in total. The van der Waals surface area contributed by atoms with Crippen LogP contribution < -0.4 is 0 Å². The van der Waals surface area contributed by atoms with Crippen molar-refractivity contribution in [1.82, 2.24) is 4.98 Å². The van der Waals surface area contributed by atoms with Crippen molar-refractivity contribution in [3.05, 3.63) is 42.1 Å². The molecule has 0 saturated carbocycles. The minimum absolute atomic E-state index is 0.0293. The monoisotopic (exact) mass is 243 g/mol. The van der Waals surface area contributed by atoms with E-state index in [9.17, 15) is 4.79 Å². The van der Waals surface area contributed by atoms with Crippen LogP contribution in [-0.4, -0.2) is 17.6 Å². The Balaban J connectivity index is 2.28. The van der Waals surface area contributed by atoms with Gasteiger partial charge in [-0.15, -0.1) is 0 Å². The number of aromatic nitrogens is 1. The van der Waals surface area contributed by atoms with Crippen molar-refractivity contribution in [3.8, 4) is 0 Å². The molecule has 0 unspecified atom stereocenters. The molecule has 0 bridgehead atoms. The summed E-state index contributed by atoms with van der Waals surface area (Å²) in [5.74, 6) is -0.288. The second-order valence-electron chi connectivity index (χ2n) is 5.51. The summed E-state index contributed by atoms with van der Waals surface area (Å²) in [5.41, 5.74) is 1.35. The molecule has 2 aromatic rings. The summed E-state index contributed by atoms with van der Waals surface area (Å²) >= 11 is 0. The molecule has 0 radical (unpaired) electrons. The van der Waals surface area contributed by atoms with E-state index < -0.39 is 0 Å². The third kappa shape index (κ3) is 2.86. The third-order valence-electron chi connectivity index (χ3n) is 2.51. The molecule has 0 spiro atoms. The van der Waals surface area contributed by atoms with Gasteiger partial charge in [-0.3, -0.25) is 4.98 Å². The minimum atomic E-state index is -0.288. The highest BCUT2D eigenvalue weighted by Crippen LogP contribution is 2.19. The van der Waals surface area contributed by atoms with Crippen molar-refractivity contribution in [2.45, 2.75) is 20.8 Å². The molecule has 0 atom stereocenters. The molecule has 0 aliphatic rings. The average molecular weight is 243 g/mol. The molecule has 0 saturated heterocycles. The topological polar surface area (TPSA) is 39.2 Å². The van der Waals surface area contributed by atoms with E-state index in [1.165, 1.54) is 0 Å². The Bertz CT molecular complexity index is 565. The molecular formula is C15H17NO2. The predicted octanol–water partition coefficient (Wildman–Crippen LogP) is 3.44. The van der Waals surface area contributed by atoms with Gasteiger partial charge in [0.1, 0.15) is 0 Å². The van der Waals surface area contributed by atoms with Crippen LogP contribution in [0.15, 0.2) is 36.5 Å². The highest BCUT2D eigenvalue weighted by Gasteiger charge is 2.16. The largest absolute Gasteiger partial charge is 0.462 e. The molecular weight excluding hydrogens is 226 g/mol. The zero-order valence-electron chi connectivity index (χ0n) is 10.9. The Hall–Kier alpha value is -1.90. The maximum Gasteiger partial charge on any atom is 0.338 e. The molecule has 3 heteroatoms. The van der Waals surface area contributed by atoms with E-state index in [1.54, 1.807) is 12.3 Å². The zero-order valence-corrected chi connectivity index (χ0v) is 10.9. The predicted molar refractivity (Wildman–Crippen MR) is 71.5 cm³/mol. The van der Waals surface area contributed by atoms with Crippen molar-refractivity contribution in [1.29, 1.82) is 0 Å². The molecule has 0 fully saturated rings. The SMILES string of the molecule is CC(C)(C)COC(=O)c1ccnc2ccccc12. The number of para-hydroxylation sites is 1. The first-order valence-electron chi connectivity index (χ1n) is 5.98. The number of fused-ring (bicyclic) bond motifs is 1. The normalized spacial score (nSPS) is 11.5. The number of carbonyl (C=O) groups excluding carboxylic acids is 1. The number of ether oxygens (including phenoxy) is 1. The maximum absolute atomic E-state index is 12.1. The lowest BCUT2D eigenvalue weighted by Gasteiger charge is -2.18. The minimum Gasteiger partial charge on any atom is -0.462 e. The molecule has 1 heterocycles. The van der Waals surface area contributed by atoms with Crippen LogP contribution in [0.1, 0.15) is 31.1 Å². The molecule has 0 aliphatic heterocycles. The van der Waals surface area contributed by atoms with Crippen LogP contribution in [0.4, 0.5) is 0 Å². The van der Waals surface area contributed by atoms with Crippen molar-refractivity contribution >= 4 is 16.9 Å². The summed E-state index contributed by atoms with van der Waals surface area (Å²) in [4.78, 5) is 16.3. The van der Waals surface area contributed by atoms with E-state index in [-0.39, 0.29) is 11.4 Å². The summed E-state index contributed by atoms with van der Waals surface area (Å²) in [5, 5.41) is 0.832. The van der Waals surface area contributed by atoms with Crippen LogP contribution in [0.5, 0.6) is 0 Å². The number of rotatable bonds is 2. The summed E-state index contributed by atoms with van der Waals surface area (Å²) in [6.45, 7) is 6.50. The second-order valence-corrected chi connectivity index (χ2v) is 5.51. The molecule has 94 valence electrons. The summed E-state index contributed by atoms with van der Waals surface area (Å²) in [6.07, 6.45) is 1.63. The van der Waals surface area contributed by atoms with Gasteiger partial charge in [-0.2, -0.15) is 0 Å². The van der Waals surface area contributed by atoms with Crippen LogP contribution in [0.2, 0.25) is 0 Å². The van der Waals surface area contributed by atoms with E-state index in [0.29, 0.717) is 12.2 Å². The van der Waals surface area contributed by atoms with Crippen LogP contribution in [-0.2, 0) is 4.74 Å². The lowest BCUT2D eigenvalue weighted by atomic mass is 9.99. The van der Waals surface area contributed by atoms with E-state index in [1.807, 2.05) is 45.0 Å². The highest BCUT2D eigenvalue weighted by molar-refractivity contribution is 6.03. The standard InChI is InChI=1S/C15H17NO2/c1-15(2,3)10-18-14(17)12-8-9-16-13-7-5-4-6-11(12)13/h4-9H,10H2,1-3H3. The van der Waals surface area contributed by atoms with Crippen LogP contribution >= 0.6 is 0 Å². The van der Waals surface area contributed by atoms with Gasteiger partial charge in [0.15, 0.2) is 0 Å². The van der Waals surface area contributed by atoms with E-state index in [0.717, 1.165) is 10.9 Å². The first-order valence-corrected chi connectivity index (χ1v) is 5.98. The van der Waals surface area contributed by atoms with Crippen molar-refractivity contribution in [2.24, 2.45) is 5.41 Å². The van der Waals surface area contributed by atoms with Gasteiger partial charge in [0.2, 0.25) is 0 Å². The van der Waals surface area contributed by atoms with E-state index in [2.05, 4.69) is 4.98 Å².